The summed E-state index contributed by atoms with van der Waals surface area (Å²) in [5.74, 6) is -2.66. The van der Waals surface area contributed by atoms with Gasteiger partial charge in [-0.05, 0) is 12.0 Å². The predicted molar refractivity (Wildman–Crippen MR) is 55.7 cm³/mol. The molecule has 1 atom stereocenters. The first kappa shape index (κ1) is 13.4. The first-order valence-corrected chi connectivity index (χ1v) is 5.18. The van der Waals surface area contributed by atoms with E-state index in [1.165, 1.54) is 18.2 Å². The number of hydrogen-bond donors (Lipinski definition) is 0. The molecule has 1 rings (SSSR count). The minimum atomic E-state index is -2.98. The summed E-state index contributed by atoms with van der Waals surface area (Å²) in [6, 6.07) is 5.86. The zero-order valence-corrected chi connectivity index (χ0v) is 9.52. The normalized spacial score (nSPS) is 12.8. The summed E-state index contributed by atoms with van der Waals surface area (Å²) >= 11 is 0. The van der Waals surface area contributed by atoms with Crippen LogP contribution < -0.4 is 9.84 Å². The van der Waals surface area contributed by atoms with E-state index in [0.29, 0.717) is 0 Å². The second-order valence-electron chi connectivity index (χ2n) is 3.96. The Bertz CT molecular complexity index is 391. The van der Waals surface area contributed by atoms with Crippen LogP contribution in [-0.2, 0) is 4.79 Å². The van der Waals surface area contributed by atoms with Crippen molar-refractivity contribution >= 4 is 5.97 Å². The van der Waals surface area contributed by atoms with Crippen LogP contribution in [0, 0.1) is 5.92 Å². The van der Waals surface area contributed by atoms with Gasteiger partial charge in [-0.3, -0.25) is 0 Å². The number of carboxylic acids is 1. The van der Waals surface area contributed by atoms with Crippen LogP contribution in [0.1, 0.15) is 25.3 Å². The summed E-state index contributed by atoms with van der Waals surface area (Å²) in [5, 5.41) is 11.0. The van der Waals surface area contributed by atoms with Gasteiger partial charge in [0.15, 0.2) is 0 Å². The van der Waals surface area contributed by atoms with Crippen molar-refractivity contribution in [2.45, 2.75) is 26.4 Å². The summed E-state index contributed by atoms with van der Waals surface area (Å²) in [5.41, 5.74) is 0.211. The molecule has 0 aliphatic heterocycles. The van der Waals surface area contributed by atoms with Crippen molar-refractivity contribution in [2.75, 3.05) is 0 Å². The summed E-state index contributed by atoms with van der Waals surface area (Å²) in [7, 11) is 0. The average Bonchev–Trinajstić information content (AvgIpc) is 2.18. The fourth-order valence-corrected chi connectivity index (χ4v) is 1.70. The molecule has 0 N–H and O–H groups in total. The van der Waals surface area contributed by atoms with Gasteiger partial charge in [-0.25, -0.2) is 0 Å². The minimum Gasteiger partial charge on any atom is -0.549 e. The number of carbonyl (C=O) groups excluding carboxylic acids is 1. The number of para-hydroxylation sites is 1. The van der Waals surface area contributed by atoms with Gasteiger partial charge >= 0.3 is 6.61 Å². The molecule has 1 unspecified atom stereocenters. The second-order valence-corrected chi connectivity index (χ2v) is 3.96. The van der Waals surface area contributed by atoms with Gasteiger partial charge in [-0.1, -0.05) is 32.0 Å². The number of hydrogen-bond acceptors (Lipinski definition) is 3. The first-order valence-electron chi connectivity index (χ1n) is 5.18. The van der Waals surface area contributed by atoms with Crippen LogP contribution >= 0.6 is 0 Å². The molecule has 0 spiro atoms. The summed E-state index contributed by atoms with van der Waals surface area (Å²) in [6.45, 7) is 0.380. The lowest BCUT2D eigenvalue weighted by Crippen LogP contribution is -2.33. The van der Waals surface area contributed by atoms with Crippen molar-refractivity contribution in [2.24, 2.45) is 5.92 Å². The van der Waals surface area contributed by atoms with Crippen LogP contribution in [0.4, 0.5) is 8.78 Å². The van der Waals surface area contributed by atoms with Gasteiger partial charge in [0.1, 0.15) is 5.75 Å². The maximum absolute atomic E-state index is 12.2. The molecule has 0 saturated heterocycles. The first-order chi connectivity index (χ1) is 7.93. The van der Waals surface area contributed by atoms with E-state index in [9.17, 15) is 18.7 Å². The summed E-state index contributed by atoms with van der Waals surface area (Å²) in [4.78, 5) is 11.0. The molecule has 0 heterocycles. The standard InChI is InChI=1S/C12H14F2O3/c1-7(2)10(11(15)16)8-5-3-4-6-9(8)17-12(13)14/h3-7,10,12H,1-2H3,(H,15,16)/p-1. The molecule has 0 amide bonds. The third-order valence-corrected chi connectivity index (χ3v) is 2.39. The Balaban J connectivity index is 3.14. The fraction of sp³-hybridized carbons (Fsp3) is 0.417. The molecule has 0 saturated carbocycles. The number of alkyl halides is 2. The number of ether oxygens (including phenoxy) is 1. The largest absolute Gasteiger partial charge is 0.549 e. The highest BCUT2D eigenvalue weighted by Gasteiger charge is 2.22. The Morgan fingerprint density at radius 2 is 1.88 bits per heavy atom. The van der Waals surface area contributed by atoms with Gasteiger partial charge in [0.25, 0.3) is 0 Å². The molecule has 1 aromatic rings. The average molecular weight is 243 g/mol. The topological polar surface area (TPSA) is 49.4 Å². The summed E-state index contributed by atoms with van der Waals surface area (Å²) in [6.07, 6.45) is 0. The van der Waals surface area contributed by atoms with Crippen molar-refractivity contribution in [3.63, 3.8) is 0 Å². The van der Waals surface area contributed by atoms with Crippen LogP contribution in [0.2, 0.25) is 0 Å². The molecule has 0 radical (unpaired) electrons. The van der Waals surface area contributed by atoms with Crippen LogP contribution in [0.5, 0.6) is 5.75 Å². The molecule has 94 valence electrons. The Labute approximate surface area is 98.0 Å². The van der Waals surface area contributed by atoms with Gasteiger partial charge in [0.2, 0.25) is 0 Å². The van der Waals surface area contributed by atoms with Gasteiger partial charge < -0.3 is 14.6 Å². The Kier molecular flexibility index (Phi) is 4.43. The quantitative estimate of drug-likeness (QED) is 0.792. The van der Waals surface area contributed by atoms with E-state index in [0.717, 1.165) is 0 Å². The number of benzene rings is 1. The number of aliphatic carboxylic acids is 1. The molecule has 5 heteroatoms. The van der Waals surface area contributed by atoms with Crippen molar-refractivity contribution < 1.29 is 23.4 Å². The van der Waals surface area contributed by atoms with Gasteiger partial charge in [-0.15, -0.1) is 0 Å². The maximum atomic E-state index is 12.2. The van der Waals surface area contributed by atoms with E-state index in [4.69, 9.17) is 0 Å². The molecule has 0 fully saturated rings. The Morgan fingerprint density at radius 3 is 2.35 bits per heavy atom. The number of rotatable bonds is 5. The van der Waals surface area contributed by atoms with E-state index >= 15 is 0 Å². The monoisotopic (exact) mass is 243 g/mol. The Morgan fingerprint density at radius 1 is 1.29 bits per heavy atom. The lowest BCUT2D eigenvalue weighted by molar-refractivity contribution is -0.309. The Hall–Kier alpha value is -1.65. The van der Waals surface area contributed by atoms with Gasteiger partial charge in [-0.2, -0.15) is 8.78 Å². The number of carbonyl (C=O) groups is 1. The highest BCUT2D eigenvalue weighted by atomic mass is 19.3. The fourth-order valence-electron chi connectivity index (χ4n) is 1.70. The van der Waals surface area contributed by atoms with Crippen LogP contribution in [0.25, 0.3) is 0 Å². The van der Waals surface area contributed by atoms with E-state index in [1.54, 1.807) is 19.9 Å². The van der Waals surface area contributed by atoms with E-state index in [1.807, 2.05) is 0 Å². The molecule has 0 aliphatic carbocycles. The van der Waals surface area contributed by atoms with Gasteiger partial charge in [0.05, 0.1) is 0 Å². The van der Waals surface area contributed by atoms with Crippen molar-refractivity contribution in [3.05, 3.63) is 29.8 Å². The molecule has 1 aromatic carbocycles. The third-order valence-electron chi connectivity index (χ3n) is 2.39. The highest BCUT2D eigenvalue weighted by Crippen LogP contribution is 2.32. The molecule has 17 heavy (non-hydrogen) atoms. The van der Waals surface area contributed by atoms with Crippen molar-refractivity contribution in [3.8, 4) is 5.75 Å². The number of carboxylic acid groups (broad SMARTS) is 1. The summed E-state index contributed by atoms with van der Waals surface area (Å²) < 4.78 is 28.7. The van der Waals surface area contributed by atoms with Crippen LogP contribution in [0.3, 0.4) is 0 Å². The van der Waals surface area contributed by atoms with Crippen LogP contribution in [0.15, 0.2) is 24.3 Å². The third kappa shape index (κ3) is 3.41. The van der Waals surface area contributed by atoms with Crippen molar-refractivity contribution in [1.29, 1.82) is 0 Å². The molecular weight excluding hydrogens is 230 g/mol. The smallest absolute Gasteiger partial charge is 0.387 e. The molecule has 0 aliphatic rings. The maximum Gasteiger partial charge on any atom is 0.387 e. The number of halogens is 2. The van der Waals surface area contributed by atoms with E-state index in [2.05, 4.69) is 4.74 Å². The van der Waals surface area contributed by atoms with E-state index in [-0.39, 0.29) is 17.2 Å². The van der Waals surface area contributed by atoms with Crippen LogP contribution in [-0.4, -0.2) is 12.6 Å². The zero-order valence-electron chi connectivity index (χ0n) is 9.52. The lowest BCUT2D eigenvalue weighted by atomic mass is 9.88. The molecular formula is C12H13F2O3-. The SMILES string of the molecule is CC(C)C(C(=O)[O-])c1ccccc1OC(F)F. The predicted octanol–water partition coefficient (Wildman–Crippen LogP) is 1.78. The van der Waals surface area contributed by atoms with E-state index < -0.39 is 18.5 Å². The minimum absolute atomic E-state index is 0.120. The zero-order chi connectivity index (χ0) is 13.0. The molecule has 3 nitrogen and oxygen atoms in total. The molecule has 0 aromatic heterocycles. The lowest BCUT2D eigenvalue weighted by Gasteiger charge is -2.24. The molecule has 0 bridgehead atoms. The second kappa shape index (κ2) is 5.61. The van der Waals surface area contributed by atoms with Crippen molar-refractivity contribution in [1.82, 2.24) is 0 Å². The van der Waals surface area contributed by atoms with Gasteiger partial charge in [0, 0.05) is 17.5 Å². The highest BCUT2D eigenvalue weighted by molar-refractivity contribution is 5.75.